The van der Waals surface area contributed by atoms with Crippen LogP contribution in [0.2, 0.25) is 0 Å². The van der Waals surface area contributed by atoms with Crippen molar-refractivity contribution in [3.05, 3.63) is 170 Å². The lowest BCUT2D eigenvalue weighted by Crippen LogP contribution is -1.92. The highest BCUT2D eigenvalue weighted by molar-refractivity contribution is 6.23. The summed E-state index contributed by atoms with van der Waals surface area (Å²) in [5.41, 5.74) is 10.0. The Balaban J connectivity index is 1.18. The van der Waals surface area contributed by atoms with Gasteiger partial charge in [0.1, 0.15) is 0 Å². The van der Waals surface area contributed by atoms with Crippen molar-refractivity contribution in [1.82, 2.24) is 4.57 Å². The number of aromatic nitrogens is 1. The average molecular weight is 610 g/mol. The van der Waals surface area contributed by atoms with Crippen molar-refractivity contribution in [2.45, 2.75) is 0 Å². The zero-order valence-electron chi connectivity index (χ0n) is 26.6. The Bertz CT molecular complexity index is 2830. The smallest absolute Gasteiger partial charge is 0.0568 e. The summed E-state index contributed by atoms with van der Waals surface area (Å²) in [6.07, 6.45) is 0. The first kappa shape index (κ1) is 27.0. The molecule has 224 valence electrons. The first-order valence-corrected chi connectivity index (χ1v) is 16.7. The molecule has 0 spiro atoms. The van der Waals surface area contributed by atoms with Gasteiger partial charge < -0.3 is 4.57 Å². The molecule has 0 unspecified atom stereocenters. The van der Waals surface area contributed by atoms with Crippen molar-refractivity contribution < 1.29 is 0 Å². The SMILES string of the molecule is Cn1c2cc(-c3c4ccccc4c(-c4ccc(-c5ccc6ccccc6c5)cc4)c4ccccc34)ccc2c2ccc3ccccc3c21. The van der Waals surface area contributed by atoms with Gasteiger partial charge in [-0.15, -0.1) is 0 Å². The highest BCUT2D eigenvalue weighted by Crippen LogP contribution is 2.45. The van der Waals surface area contributed by atoms with Crippen LogP contribution in [0.3, 0.4) is 0 Å². The van der Waals surface area contributed by atoms with Gasteiger partial charge in [-0.05, 0) is 83.2 Å². The van der Waals surface area contributed by atoms with Crippen LogP contribution in [-0.4, -0.2) is 4.57 Å². The van der Waals surface area contributed by atoms with Crippen LogP contribution in [0.1, 0.15) is 0 Å². The predicted octanol–water partition coefficient (Wildman–Crippen LogP) is 12.9. The van der Waals surface area contributed by atoms with Crippen molar-refractivity contribution in [1.29, 1.82) is 0 Å². The average Bonchev–Trinajstić information content (AvgIpc) is 3.44. The molecule has 1 nitrogen and oxygen atoms in total. The van der Waals surface area contributed by atoms with Gasteiger partial charge >= 0.3 is 0 Å². The molecule has 0 bridgehead atoms. The fourth-order valence-corrected chi connectivity index (χ4v) is 8.10. The molecule has 1 heteroatoms. The van der Waals surface area contributed by atoms with Crippen LogP contribution in [0.25, 0.3) is 98.3 Å². The first-order chi connectivity index (χ1) is 23.7. The molecular weight excluding hydrogens is 579 g/mol. The third-order valence-corrected chi connectivity index (χ3v) is 10.4. The van der Waals surface area contributed by atoms with E-state index in [9.17, 15) is 0 Å². The zero-order chi connectivity index (χ0) is 31.8. The van der Waals surface area contributed by atoms with Crippen molar-refractivity contribution >= 4 is 64.9 Å². The fourth-order valence-electron chi connectivity index (χ4n) is 8.10. The lowest BCUT2D eigenvalue weighted by molar-refractivity contribution is 1.02. The lowest BCUT2D eigenvalue weighted by Gasteiger charge is -2.18. The molecule has 1 heterocycles. The van der Waals surface area contributed by atoms with Crippen LogP contribution in [0, 0.1) is 0 Å². The van der Waals surface area contributed by atoms with Crippen molar-refractivity contribution in [2.24, 2.45) is 7.05 Å². The molecule has 0 aliphatic heterocycles. The number of fused-ring (bicyclic) bond motifs is 8. The molecule has 0 N–H and O–H groups in total. The van der Waals surface area contributed by atoms with Gasteiger partial charge in [-0.25, -0.2) is 0 Å². The summed E-state index contributed by atoms with van der Waals surface area (Å²) in [5.74, 6) is 0. The van der Waals surface area contributed by atoms with Crippen molar-refractivity contribution in [3.63, 3.8) is 0 Å². The molecule has 10 aromatic rings. The summed E-state index contributed by atoms with van der Waals surface area (Å²) in [4.78, 5) is 0. The number of nitrogens with zero attached hydrogens (tertiary/aromatic N) is 1. The summed E-state index contributed by atoms with van der Waals surface area (Å²) in [7, 11) is 2.21. The molecule has 1 aromatic heterocycles. The van der Waals surface area contributed by atoms with E-state index in [1.165, 1.54) is 98.3 Å². The number of hydrogen-bond donors (Lipinski definition) is 0. The van der Waals surface area contributed by atoms with Gasteiger partial charge in [0.2, 0.25) is 0 Å². The van der Waals surface area contributed by atoms with Crippen LogP contribution < -0.4 is 0 Å². The first-order valence-electron chi connectivity index (χ1n) is 16.7. The summed E-state index contributed by atoms with van der Waals surface area (Å²) < 4.78 is 2.38. The second kappa shape index (κ2) is 10.4. The van der Waals surface area contributed by atoms with Crippen molar-refractivity contribution in [3.8, 4) is 33.4 Å². The van der Waals surface area contributed by atoms with E-state index in [-0.39, 0.29) is 0 Å². The molecule has 0 aliphatic rings. The largest absolute Gasteiger partial charge is 0.343 e. The Morgan fingerprint density at radius 1 is 0.312 bits per heavy atom. The summed E-state index contributed by atoms with van der Waals surface area (Å²) in [5, 5.41) is 12.8. The lowest BCUT2D eigenvalue weighted by atomic mass is 9.85. The maximum absolute atomic E-state index is 2.40. The standard InChI is InChI=1S/C47H31N/c1-48-44-29-36(25-26-38(44)43-27-24-32-11-4-5-13-37(32)47(43)48)46-41-16-8-6-14-39(41)45(40-15-7-9-17-42(40)46)33-21-18-31(19-22-33)35-23-20-30-10-2-3-12-34(30)28-35/h2-29H,1H3. The minimum absolute atomic E-state index is 1.23. The maximum Gasteiger partial charge on any atom is 0.0568 e. The molecule has 0 fully saturated rings. The summed E-state index contributed by atoms with van der Waals surface area (Å²) in [6.45, 7) is 0. The monoisotopic (exact) mass is 609 g/mol. The van der Waals surface area contributed by atoms with Gasteiger partial charge in [0, 0.05) is 28.7 Å². The minimum atomic E-state index is 1.23. The van der Waals surface area contributed by atoms with Gasteiger partial charge in [-0.1, -0.05) is 158 Å². The van der Waals surface area contributed by atoms with Gasteiger partial charge in [0.25, 0.3) is 0 Å². The van der Waals surface area contributed by atoms with Gasteiger partial charge in [0.15, 0.2) is 0 Å². The van der Waals surface area contributed by atoms with Crippen LogP contribution in [0.15, 0.2) is 170 Å². The van der Waals surface area contributed by atoms with Gasteiger partial charge in [-0.3, -0.25) is 0 Å². The third kappa shape index (κ3) is 3.98. The zero-order valence-corrected chi connectivity index (χ0v) is 26.6. The Morgan fingerprint density at radius 3 is 1.48 bits per heavy atom. The molecule has 0 radical (unpaired) electrons. The number of hydrogen-bond acceptors (Lipinski definition) is 0. The minimum Gasteiger partial charge on any atom is -0.343 e. The van der Waals surface area contributed by atoms with E-state index >= 15 is 0 Å². The second-order valence-corrected chi connectivity index (χ2v) is 13.0. The maximum atomic E-state index is 2.40. The molecule has 0 atom stereocenters. The topological polar surface area (TPSA) is 4.93 Å². The Morgan fingerprint density at radius 2 is 0.792 bits per heavy atom. The van der Waals surface area contributed by atoms with Crippen molar-refractivity contribution in [2.75, 3.05) is 0 Å². The number of rotatable bonds is 3. The van der Waals surface area contributed by atoms with E-state index in [0.29, 0.717) is 0 Å². The summed E-state index contributed by atoms with van der Waals surface area (Å²) in [6, 6.07) is 62.6. The molecule has 9 aromatic carbocycles. The molecular formula is C47H31N. The summed E-state index contributed by atoms with van der Waals surface area (Å²) >= 11 is 0. The fraction of sp³-hybridized carbons (Fsp3) is 0.0213. The van der Waals surface area contributed by atoms with E-state index in [4.69, 9.17) is 0 Å². The Labute approximate surface area is 278 Å². The molecule has 0 saturated carbocycles. The van der Waals surface area contributed by atoms with Crippen LogP contribution in [-0.2, 0) is 7.05 Å². The van der Waals surface area contributed by atoms with Gasteiger partial charge in [-0.2, -0.15) is 0 Å². The number of aryl methyl sites for hydroxylation is 1. The molecule has 0 aliphatic carbocycles. The van der Waals surface area contributed by atoms with Crippen LogP contribution in [0.5, 0.6) is 0 Å². The van der Waals surface area contributed by atoms with Crippen LogP contribution in [0.4, 0.5) is 0 Å². The van der Waals surface area contributed by atoms with E-state index in [1.807, 2.05) is 0 Å². The number of benzene rings is 9. The third-order valence-electron chi connectivity index (χ3n) is 10.4. The molecule has 48 heavy (non-hydrogen) atoms. The highest BCUT2D eigenvalue weighted by Gasteiger charge is 2.18. The van der Waals surface area contributed by atoms with E-state index in [2.05, 4.69) is 181 Å². The predicted molar refractivity (Wildman–Crippen MR) is 207 cm³/mol. The Kier molecular flexibility index (Phi) is 5.86. The quantitative estimate of drug-likeness (QED) is 0.176. The van der Waals surface area contributed by atoms with E-state index in [1.54, 1.807) is 0 Å². The molecule has 0 saturated heterocycles. The van der Waals surface area contributed by atoms with Crippen LogP contribution >= 0.6 is 0 Å². The van der Waals surface area contributed by atoms with E-state index in [0.717, 1.165) is 0 Å². The highest BCUT2D eigenvalue weighted by atomic mass is 14.9. The molecule has 0 amide bonds. The Hall–Kier alpha value is -6.18. The van der Waals surface area contributed by atoms with E-state index < -0.39 is 0 Å². The second-order valence-electron chi connectivity index (χ2n) is 13.0. The molecule has 10 rings (SSSR count). The normalized spacial score (nSPS) is 11.9. The van der Waals surface area contributed by atoms with Gasteiger partial charge in [0.05, 0.1) is 5.52 Å².